The molecule has 0 N–H and O–H groups in total. The van der Waals surface area contributed by atoms with Crippen molar-refractivity contribution in [3.8, 4) is 12.3 Å². The molecule has 1 aromatic carbocycles. The Labute approximate surface area is 118 Å². The number of benzene rings is 1. The molecular weight excluding hydrogens is 254 g/mol. The molecule has 0 spiro atoms. The maximum atomic E-state index is 11.6. The van der Waals surface area contributed by atoms with Crippen LogP contribution in [-0.4, -0.2) is 36.3 Å². The van der Waals surface area contributed by atoms with E-state index < -0.39 is 5.97 Å². The van der Waals surface area contributed by atoms with E-state index in [2.05, 4.69) is 10.8 Å². The lowest BCUT2D eigenvalue weighted by molar-refractivity contribution is -0.121. The number of ether oxygens (including phenoxy) is 1. The number of piperidine rings is 1. The van der Waals surface area contributed by atoms with Gasteiger partial charge in [-0.2, -0.15) is 0 Å². The Bertz CT molecular complexity index is 518. The van der Waals surface area contributed by atoms with Crippen molar-refractivity contribution >= 4 is 11.8 Å². The molecule has 0 saturated carbocycles. The number of Topliss-reactive ketones (excluding diaryl/α,β-unsaturated/α-hetero) is 1. The SMILES string of the molecule is C#CCOC(=O)c1ccc(CN2CCC(=O)CC2)cc1. The molecule has 1 saturated heterocycles. The van der Waals surface area contributed by atoms with E-state index in [-0.39, 0.29) is 6.61 Å². The van der Waals surface area contributed by atoms with Crippen LogP contribution in [0.5, 0.6) is 0 Å². The van der Waals surface area contributed by atoms with E-state index >= 15 is 0 Å². The summed E-state index contributed by atoms with van der Waals surface area (Å²) in [7, 11) is 0. The molecule has 1 aromatic rings. The summed E-state index contributed by atoms with van der Waals surface area (Å²) in [6.07, 6.45) is 6.31. The fourth-order valence-corrected chi connectivity index (χ4v) is 2.16. The van der Waals surface area contributed by atoms with E-state index in [9.17, 15) is 9.59 Å². The number of esters is 1. The van der Waals surface area contributed by atoms with Crippen LogP contribution in [0.3, 0.4) is 0 Å². The highest BCUT2D eigenvalue weighted by atomic mass is 16.5. The Morgan fingerprint density at radius 3 is 2.50 bits per heavy atom. The number of nitrogens with zero attached hydrogens (tertiary/aromatic N) is 1. The van der Waals surface area contributed by atoms with Crippen molar-refractivity contribution in [3.63, 3.8) is 0 Å². The molecule has 0 aliphatic carbocycles. The van der Waals surface area contributed by atoms with Crippen LogP contribution >= 0.6 is 0 Å². The van der Waals surface area contributed by atoms with Gasteiger partial charge in [0.2, 0.25) is 0 Å². The second-order valence-electron chi connectivity index (χ2n) is 4.79. The average Bonchev–Trinajstić information content (AvgIpc) is 2.48. The first-order valence-corrected chi connectivity index (χ1v) is 6.62. The van der Waals surface area contributed by atoms with Gasteiger partial charge in [0.15, 0.2) is 6.61 Å². The van der Waals surface area contributed by atoms with Gasteiger partial charge in [-0.15, -0.1) is 6.42 Å². The monoisotopic (exact) mass is 271 g/mol. The van der Waals surface area contributed by atoms with Gasteiger partial charge in [0.05, 0.1) is 5.56 Å². The number of rotatable bonds is 4. The molecule has 4 heteroatoms. The van der Waals surface area contributed by atoms with Crippen molar-refractivity contribution in [3.05, 3.63) is 35.4 Å². The number of ketones is 1. The summed E-state index contributed by atoms with van der Waals surface area (Å²) in [4.78, 5) is 25.0. The average molecular weight is 271 g/mol. The molecule has 1 heterocycles. The van der Waals surface area contributed by atoms with E-state index in [0.717, 1.165) is 25.2 Å². The summed E-state index contributed by atoms with van der Waals surface area (Å²) < 4.78 is 4.86. The zero-order valence-electron chi connectivity index (χ0n) is 11.3. The third-order valence-corrected chi connectivity index (χ3v) is 3.30. The first-order chi connectivity index (χ1) is 9.69. The molecule has 1 aliphatic rings. The molecule has 0 radical (unpaired) electrons. The van der Waals surface area contributed by atoms with Crippen LogP contribution in [0.2, 0.25) is 0 Å². The molecular formula is C16H17NO3. The fourth-order valence-electron chi connectivity index (χ4n) is 2.16. The summed E-state index contributed by atoms with van der Waals surface area (Å²) in [5, 5.41) is 0. The zero-order chi connectivity index (χ0) is 14.4. The van der Waals surface area contributed by atoms with Crippen LogP contribution in [0, 0.1) is 12.3 Å². The van der Waals surface area contributed by atoms with Gasteiger partial charge in [0.1, 0.15) is 5.78 Å². The number of hydrogen-bond donors (Lipinski definition) is 0. The maximum absolute atomic E-state index is 11.6. The van der Waals surface area contributed by atoms with E-state index in [1.54, 1.807) is 12.1 Å². The summed E-state index contributed by atoms with van der Waals surface area (Å²) in [6, 6.07) is 7.29. The van der Waals surface area contributed by atoms with Gasteiger partial charge in [-0.25, -0.2) is 4.79 Å². The Morgan fingerprint density at radius 1 is 1.25 bits per heavy atom. The quantitative estimate of drug-likeness (QED) is 0.617. The Kier molecular flexibility index (Phi) is 4.91. The molecule has 104 valence electrons. The zero-order valence-corrected chi connectivity index (χ0v) is 11.3. The topological polar surface area (TPSA) is 46.6 Å². The smallest absolute Gasteiger partial charge is 0.339 e. The number of carbonyl (C=O) groups is 2. The first-order valence-electron chi connectivity index (χ1n) is 6.62. The number of terminal acetylenes is 1. The molecule has 4 nitrogen and oxygen atoms in total. The van der Waals surface area contributed by atoms with Crippen LogP contribution < -0.4 is 0 Å². The maximum Gasteiger partial charge on any atom is 0.339 e. The highest BCUT2D eigenvalue weighted by Gasteiger charge is 2.16. The van der Waals surface area contributed by atoms with E-state index in [4.69, 9.17) is 11.2 Å². The van der Waals surface area contributed by atoms with Crippen LogP contribution in [0.25, 0.3) is 0 Å². The minimum Gasteiger partial charge on any atom is -0.449 e. The molecule has 0 atom stereocenters. The second kappa shape index (κ2) is 6.88. The molecule has 1 fully saturated rings. The van der Waals surface area contributed by atoms with Gasteiger partial charge in [-0.3, -0.25) is 9.69 Å². The molecule has 0 unspecified atom stereocenters. The molecule has 0 aromatic heterocycles. The van der Waals surface area contributed by atoms with Crippen molar-refractivity contribution in [2.75, 3.05) is 19.7 Å². The number of likely N-dealkylation sites (tertiary alicyclic amines) is 1. The van der Waals surface area contributed by atoms with Crippen molar-refractivity contribution in [1.82, 2.24) is 4.90 Å². The lowest BCUT2D eigenvalue weighted by Gasteiger charge is -2.25. The predicted molar refractivity (Wildman–Crippen MR) is 75.1 cm³/mol. The van der Waals surface area contributed by atoms with Crippen molar-refractivity contribution in [1.29, 1.82) is 0 Å². The standard InChI is InChI=1S/C16H17NO3/c1-2-11-20-16(19)14-5-3-13(4-6-14)12-17-9-7-15(18)8-10-17/h1,3-6H,7-12H2. The normalized spacial score (nSPS) is 15.7. The van der Waals surface area contributed by atoms with Gasteiger partial charge in [0, 0.05) is 32.5 Å². The molecule has 1 aliphatic heterocycles. The molecule has 2 rings (SSSR count). The third-order valence-electron chi connectivity index (χ3n) is 3.30. The lowest BCUT2D eigenvalue weighted by atomic mass is 10.1. The van der Waals surface area contributed by atoms with Crippen LogP contribution in [-0.2, 0) is 16.1 Å². The lowest BCUT2D eigenvalue weighted by Crippen LogP contribution is -2.33. The van der Waals surface area contributed by atoms with Crippen molar-refractivity contribution in [2.24, 2.45) is 0 Å². The van der Waals surface area contributed by atoms with Gasteiger partial charge in [-0.05, 0) is 17.7 Å². The van der Waals surface area contributed by atoms with Crippen LogP contribution in [0.4, 0.5) is 0 Å². The predicted octanol–water partition coefficient (Wildman–Crippen LogP) is 1.64. The fraction of sp³-hybridized carbons (Fsp3) is 0.375. The molecule has 0 bridgehead atoms. The van der Waals surface area contributed by atoms with Gasteiger partial charge >= 0.3 is 5.97 Å². The number of hydrogen-bond acceptors (Lipinski definition) is 4. The summed E-state index contributed by atoms with van der Waals surface area (Å²) in [5.41, 5.74) is 1.62. The van der Waals surface area contributed by atoms with E-state index in [1.165, 1.54) is 0 Å². The van der Waals surface area contributed by atoms with Crippen LogP contribution in [0.1, 0.15) is 28.8 Å². The van der Waals surface area contributed by atoms with Gasteiger partial charge < -0.3 is 4.74 Å². The first kappa shape index (κ1) is 14.3. The largest absolute Gasteiger partial charge is 0.449 e. The minimum atomic E-state index is -0.405. The summed E-state index contributed by atoms with van der Waals surface area (Å²) in [5.74, 6) is 2.20. The third kappa shape index (κ3) is 3.94. The summed E-state index contributed by atoms with van der Waals surface area (Å²) >= 11 is 0. The minimum absolute atomic E-state index is 0.0115. The molecule has 20 heavy (non-hydrogen) atoms. The van der Waals surface area contributed by atoms with E-state index in [0.29, 0.717) is 24.2 Å². The molecule has 0 amide bonds. The van der Waals surface area contributed by atoms with Gasteiger partial charge in [0.25, 0.3) is 0 Å². The van der Waals surface area contributed by atoms with E-state index in [1.807, 2.05) is 12.1 Å². The van der Waals surface area contributed by atoms with Crippen LogP contribution in [0.15, 0.2) is 24.3 Å². The Morgan fingerprint density at radius 2 is 1.90 bits per heavy atom. The van der Waals surface area contributed by atoms with Gasteiger partial charge in [-0.1, -0.05) is 18.1 Å². The van der Waals surface area contributed by atoms with Crippen molar-refractivity contribution in [2.45, 2.75) is 19.4 Å². The Hall–Kier alpha value is -2.12. The summed E-state index contributed by atoms with van der Waals surface area (Å²) in [6.45, 7) is 2.41. The number of carbonyl (C=O) groups excluding carboxylic acids is 2. The highest BCUT2D eigenvalue weighted by Crippen LogP contribution is 2.12. The Balaban J connectivity index is 1.90. The highest BCUT2D eigenvalue weighted by molar-refractivity contribution is 5.89. The van der Waals surface area contributed by atoms with Crippen molar-refractivity contribution < 1.29 is 14.3 Å². The second-order valence-corrected chi connectivity index (χ2v) is 4.79.